The van der Waals surface area contributed by atoms with Crippen LogP contribution in [0.5, 0.6) is 5.75 Å². The molecule has 0 bridgehead atoms. The Balaban J connectivity index is 1.71. The van der Waals surface area contributed by atoms with Gasteiger partial charge in [-0.05, 0) is 52.2 Å². The first-order chi connectivity index (χ1) is 19.3. The van der Waals surface area contributed by atoms with Crippen LogP contribution in [-0.2, 0) is 5.41 Å². The van der Waals surface area contributed by atoms with Gasteiger partial charge in [0, 0.05) is 39.6 Å². The van der Waals surface area contributed by atoms with E-state index in [-0.39, 0.29) is 0 Å². The lowest BCUT2D eigenvalue weighted by Gasteiger charge is -2.36. The van der Waals surface area contributed by atoms with Gasteiger partial charge in [0.2, 0.25) is 0 Å². The molecule has 7 aromatic rings. The van der Waals surface area contributed by atoms with Gasteiger partial charge in [-0.3, -0.25) is 0 Å². The number of aromatic amines is 2. The van der Waals surface area contributed by atoms with Gasteiger partial charge in [-0.25, -0.2) is 0 Å². The molecule has 5 aromatic carbocycles. The van der Waals surface area contributed by atoms with Crippen LogP contribution < -0.4 is 4.74 Å². The van der Waals surface area contributed by atoms with Crippen molar-refractivity contribution in [3.05, 3.63) is 162 Å². The SMILES string of the molecule is COc1ccccc1C(c1ccc2ccccc2c1)(c1ccc[nH]1)c1[nH]c2ccccc2c1-c1ccccc1. The number of H-pyrrole nitrogens is 2. The number of rotatable bonds is 6. The van der Waals surface area contributed by atoms with Crippen LogP contribution in [0.4, 0.5) is 0 Å². The second kappa shape index (κ2) is 9.38. The number of methoxy groups -OCH3 is 1. The number of aromatic nitrogens is 2. The third-order valence-corrected chi connectivity index (χ3v) is 7.84. The minimum absolute atomic E-state index is 0.732. The Morgan fingerprint density at radius 2 is 1.38 bits per heavy atom. The summed E-state index contributed by atoms with van der Waals surface area (Å²) in [6.07, 6.45) is 2.01. The Morgan fingerprint density at radius 1 is 0.641 bits per heavy atom. The summed E-state index contributed by atoms with van der Waals surface area (Å²) in [6.45, 7) is 0. The molecule has 0 spiro atoms. The fourth-order valence-electron chi connectivity index (χ4n) is 6.14. The molecule has 0 saturated heterocycles. The Morgan fingerprint density at radius 3 is 2.21 bits per heavy atom. The van der Waals surface area contributed by atoms with Crippen LogP contribution in [0.3, 0.4) is 0 Å². The van der Waals surface area contributed by atoms with Crippen molar-refractivity contribution in [1.29, 1.82) is 0 Å². The zero-order valence-electron chi connectivity index (χ0n) is 21.7. The number of para-hydroxylation sites is 2. The molecule has 0 aliphatic carbocycles. The van der Waals surface area contributed by atoms with Crippen molar-refractivity contribution in [2.45, 2.75) is 5.41 Å². The zero-order valence-corrected chi connectivity index (χ0v) is 21.7. The van der Waals surface area contributed by atoms with Crippen molar-refractivity contribution in [2.24, 2.45) is 0 Å². The van der Waals surface area contributed by atoms with E-state index in [1.165, 1.54) is 21.7 Å². The van der Waals surface area contributed by atoms with Gasteiger partial charge < -0.3 is 14.7 Å². The van der Waals surface area contributed by atoms with Crippen molar-refractivity contribution in [1.82, 2.24) is 9.97 Å². The van der Waals surface area contributed by atoms with E-state index in [0.717, 1.165) is 39.3 Å². The third-order valence-electron chi connectivity index (χ3n) is 7.84. The number of ether oxygens (including phenoxy) is 1. The zero-order chi connectivity index (χ0) is 26.2. The molecule has 3 heteroatoms. The van der Waals surface area contributed by atoms with Gasteiger partial charge in [0.15, 0.2) is 0 Å². The van der Waals surface area contributed by atoms with Gasteiger partial charge in [-0.1, -0.05) is 103 Å². The monoisotopic (exact) mass is 504 g/mol. The molecular formula is C36H28N2O. The van der Waals surface area contributed by atoms with Crippen LogP contribution in [0.2, 0.25) is 0 Å². The van der Waals surface area contributed by atoms with Gasteiger partial charge in [-0.2, -0.15) is 0 Å². The first kappa shape index (κ1) is 23.1. The molecule has 2 aromatic heterocycles. The summed E-state index contributed by atoms with van der Waals surface area (Å²) in [5, 5.41) is 3.59. The number of benzene rings is 5. The van der Waals surface area contributed by atoms with E-state index in [1.54, 1.807) is 7.11 Å². The average molecular weight is 505 g/mol. The number of hydrogen-bond acceptors (Lipinski definition) is 1. The van der Waals surface area contributed by atoms with Crippen molar-refractivity contribution in [3.8, 4) is 16.9 Å². The van der Waals surface area contributed by atoms with Crippen molar-refractivity contribution < 1.29 is 4.74 Å². The van der Waals surface area contributed by atoms with E-state index in [1.807, 2.05) is 12.3 Å². The van der Waals surface area contributed by atoms with Crippen molar-refractivity contribution in [2.75, 3.05) is 7.11 Å². The molecule has 188 valence electrons. The Bertz CT molecular complexity index is 1900. The van der Waals surface area contributed by atoms with E-state index >= 15 is 0 Å². The summed E-state index contributed by atoms with van der Waals surface area (Å²) in [4.78, 5) is 7.53. The highest BCUT2D eigenvalue weighted by Crippen LogP contribution is 2.52. The molecule has 2 N–H and O–H groups in total. The van der Waals surface area contributed by atoms with E-state index < -0.39 is 5.41 Å². The molecule has 0 radical (unpaired) electrons. The highest BCUT2D eigenvalue weighted by molar-refractivity contribution is 5.99. The van der Waals surface area contributed by atoms with E-state index in [4.69, 9.17) is 4.74 Å². The standard InChI is InChI=1S/C36H28N2O/c1-39-32-19-10-8-17-30(32)36(33-20-11-23-37-33,28-22-21-25-12-5-6-15-27(25)24-28)35-34(26-13-3-2-4-14-26)29-16-7-9-18-31(29)38-35/h2-24,37-38H,1H3. The molecular weight excluding hydrogens is 476 g/mol. The Hall–Kier alpha value is -5.02. The molecule has 0 aliphatic rings. The molecule has 0 aliphatic heterocycles. The van der Waals surface area contributed by atoms with Crippen molar-refractivity contribution in [3.63, 3.8) is 0 Å². The van der Waals surface area contributed by atoms with Crippen LogP contribution in [0.15, 0.2) is 140 Å². The van der Waals surface area contributed by atoms with Gasteiger partial charge >= 0.3 is 0 Å². The fourth-order valence-corrected chi connectivity index (χ4v) is 6.14. The van der Waals surface area contributed by atoms with Crippen LogP contribution >= 0.6 is 0 Å². The van der Waals surface area contributed by atoms with Crippen LogP contribution in [-0.4, -0.2) is 17.1 Å². The maximum atomic E-state index is 6.07. The quantitative estimate of drug-likeness (QED) is 0.234. The minimum atomic E-state index is -0.732. The van der Waals surface area contributed by atoms with Crippen LogP contribution in [0.1, 0.15) is 22.5 Å². The van der Waals surface area contributed by atoms with Gasteiger partial charge in [0.25, 0.3) is 0 Å². The lowest BCUT2D eigenvalue weighted by atomic mass is 9.67. The Labute approximate surface area is 227 Å². The topological polar surface area (TPSA) is 40.8 Å². The van der Waals surface area contributed by atoms with E-state index in [0.29, 0.717) is 0 Å². The fraction of sp³-hybridized carbons (Fsp3) is 0.0556. The summed E-state index contributed by atoms with van der Waals surface area (Å²) < 4.78 is 6.07. The summed E-state index contributed by atoms with van der Waals surface area (Å²) in [5.41, 5.74) is 7.08. The second-order valence-corrected chi connectivity index (χ2v) is 9.88. The molecule has 1 atom stereocenters. The molecule has 7 rings (SSSR count). The first-order valence-electron chi connectivity index (χ1n) is 13.2. The van der Waals surface area contributed by atoms with Gasteiger partial charge in [-0.15, -0.1) is 0 Å². The van der Waals surface area contributed by atoms with Gasteiger partial charge in [0.1, 0.15) is 11.2 Å². The molecule has 2 heterocycles. The Kier molecular flexibility index (Phi) is 5.56. The summed E-state index contributed by atoms with van der Waals surface area (Å²) in [6, 6.07) is 47.2. The second-order valence-electron chi connectivity index (χ2n) is 9.88. The third kappa shape index (κ3) is 3.58. The molecule has 0 saturated carbocycles. The number of fused-ring (bicyclic) bond motifs is 2. The van der Waals surface area contributed by atoms with Crippen molar-refractivity contribution >= 4 is 21.7 Å². The molecule has 0 amide bonds. The van der Waals surface area contributed by atoms with E-state index in [9.17, 15) is 0 Å². The van der Waals surface area contributed by atoms with Crippen LogP contribution in [0.25, 0.3) is 32.8 Å². The summed E-state index contributed by atoms with van der Waals surface area (Å²) >= 11 is 0. The lowest BCUT2D eigenvalue weighted by molar-refractivity contribution is 0.404. The highest BCUT2D eigenvalue weighted by Gasteiger charge is 2.45. The molecule has 3 nitrogen and oxygen atoms in total. The average Bonchev–Trinajstić information content (AvgIpc) is 3.68. The maximum absolute atomic E-state index is 6.07. The maximum Gasteiger partial charge on any atom is 0.123 e. The molecule has 1 unspecified atom stereocenters. The van der Waals surface area contributed by atoms with Crippen LogP contribution in [0, 0.1) is 0 Å². The first-order valence-corrected chi connectivity index (χ1v) is 13.2. The lowest BCUT2D eigenvalue weighted by Crippen LogP contribution is -2.33. The smallest absolute Gasteiger partial charge is 0.123 e. The van der Waals surface area contributed by atoms with Gasteiger partial charge in [0.05, 0.1) is 7.11 Å². The number of nitrogens with one attached hydrogen (secondary N) is 2. The largest absolute Gasteiger partial charge is 0.496 e. The highest BCUT2D eigenvalue weighted by atomic mass is 16.5. The predicted octanol–water partition coefficient (Wildman–Crippen LogP) is 8.71. The molecule has 39 heavy (non-hydrogen) atoms. The minimum Gasteiger partial charge on any atom is -0.496 e. The predicted molar refractivity (Wildman–Crippen MR) is 160 cm³/mol. The number of hydrogen-bond donors (Lipinski definition) is 2. The van der Waals surface area contributed by atoms with E-state index in [2.05, 4.69) is 137 Å². The summed E-state index contributed by atoms with van der Waals surface area (Å²) in [5.74, 6) is 0.831. The summed E-state index contributed by atoms with van der Waals surface area (Å²) in [7, 11) is 1.75. The normalized spacial score (nSPS) is 12.9. The molecule has 0 fully saturated rings.